The van der Waals surface area contributed by atoms with Crippen LogP contribution in [0.4, 0.5) is 5.69 Å². The molecule has 0 amide bonds. The van der Waals surface area contributed by atoms with Crippen LogP contribution in [-0.4, -0.2) is 29.7 Å². The Balaban J connectivity index is 1.56. The smallest absolute Gasteiger partial charge is 0.322 e. The van der Waals surface area contributed by atoms with E-state index >= 15 is 0 Å². The fourth-order valence-corrected chi connectivity index (χ4v) is 5.45. The van der Waals surface area contributed by atoms with Gasteiger partial charge < -0.3 is 10.1 Å². The van der Waals surface area contributed by atoms with Gasteiger partial charge in [-0.3, -0.25) is 4.57 Å². The number of halogens is 2. The predicted octanol–water partition coefficient (Wildman–Crippen LogP) is 4.40. The van der Waals surface area contributed by atoms with Crippen LogP contribution in [0, 0.1) is 0 Å². The van der Waals surface area contributed by atoms with Crippen LogP contribution in [0.1, 0.15) is 31.3 Å². The molecular weight excluding hydrogens is 461 g/mol. The van der Waals surface area contributed by atoms with E-state index < -0.39 is 16.1 Å². The zero-order valence-corrected chi connectivity index (χ0v) is 19.2. The van der Waals surface area contributed by atoms with Gasteiger partial charge in [0.1, 0.15) is 10.6 Å². The van der Waals surface area contributed by atoms with Crippen LogP contribution < -0.4 is 14.8 Å². The minimum Gasteiger partial charge on any atom is -0.424 e. The number of rotatable bonds is 7. The monoisotopic (exact) mass is 481 g/mol. The van der Waals surface area contributed by atoms with Crippen LogP contribution in [-0.2, 0) is 23.0 Å². The van der Waals surface area contributed by atoms with Gasteiger partial charge in [-0.15, -0.1) is 5.10 Å². The normalized spacial score (nSPS) is 14.2. The van der Waals surface area contributed by atoms with Crippen LogP contribution in [0.5, 0.6) is 11.8 Å². The number of hydrogen-bond donors (Lipinski definition) is 2. The molecule has 0 spiro atoms. The second-order valence-corrected chi connectivity index (χ2v) is 9.63. The van der Waals surface area contributed by atoms with Crippen molar-refractivity contribution in [3.8, 4) is 11.8 Å². The van der Waals surface area contributed by atoms with Crippen molar-refractivity contribution >= 4 is 38.9 Å². The molecule has 2 aromatic carbocycles. The fraction of sp³-hybridized carbons (Fsp3) is 0.300. The van der Waals surface area contributed by atoms with Crippen molar-refractivity contribution in [3.63, 3.8) is 0 Å². The lowest BCUT2D eigenvalue weighted by atomic mass is 10.2. The lowest BCUT2D eigenvalue weighted by molar-refractivity contribution is 0.408. The fourth-order valence-electron chi connectivity index (χ4n) is 3.47. The van der Waals surface area contributed by atoms with E-state index in [1.165, 1.54) is 23.8 Å². The largest absolute Gasteiger partial charge is 0.424 e. The van der Waals surface area contributed by atoms with Crippen LogP contribution in [0.25, 0.3) is 0 Å². The first-order chi connectivity index (χ1) is 14.8. The molecule has 11 heteroatoms. The standard InChI is InChI=1S/C20H21Cl2N5O3S/c1-3-27-19(12(2)26-31(28,29)18-7-5-14(21)10-16(18)22)24-25-20(27)30-15-6-4-13-8-9-23-17(13)11-15/h4-7,10-12,23,26H,3,8-9H2,1-2H3/t12-/m1/s1. The van der Waals surface area contributed by atoms with Gasteiger partial charge in [-0.25, -0.2) is 13.1 Å². The molecule has 8 nitrogen and oxygen atoms in total. The van der Waals surface area contributed by atoms with Gasteiger partial charge in [0.2, 0.25) is 10.0 Å². The van der Waals surface area contributed by atoms with E-state index in [1.54, 1.807) is 11.5 Å². The maximum Gasteiger partial charge on any atom is 0.322 e. The summed E-state index contributed by atoms with van der Waals surface area (Å²) in [4.78, 5) is -0.0601. The van der Waals surface area contributed by atoms with Crippen LogP contribution >= 0.6 is 23.2 Å². The molecule has 0 unspecified atom stereocenters. The maximum absolute atomic E-state index is 12.8. The van der Waals surface area contributed by atoms with Crippen LogP contribution in [0.3, 0.4) is 0 Å². The number of ether oxygens (including phenoxy) is 1. The van der Waals surface area contributed by atoms with E-state index in [0.717, 1.165) is 18.7 Å². The Morgan fingerprint density at radius 2 is 2.03 bits per heavy atom. The van der Waals surface area contributed by atoms with Gasteiger partial charge in [0, 0.05) is 29.9 Å². The van der Waals surface area contributed by atoms with E-state index in [-0.39, 0.29) is 15.9 Å². The van der Waals surface area contributed by atoms with Crippen molar-refractivity contribution in [1.82, 2.24) is 19.5 Å². The SMILES string of the molecule is CCn1c(Oc2ccc3c(c2)NCC3)nnc1[C@@H](C)NS(=O)(=O)c1ccc(Cl)cc1Cl. The van der Waals surface area contributed by atoms with Gasteiger partial charge in [0.15, 0.2) is 5.82 Å². The molecule has 31 heavy (non-hydrogen) atoms. The Morgan fingerprint density at radius 3 is 2.77 bits per heavy atom. The summed E-state index contributed by atoms with van der Waals surface area (Å²) in [6.45, 7) is 4.99. The number of nitrogens with one attached hydrogen (secondary N) is 2. The highest BCUT2D eigenvalue weighted by atomic mass is 35.5. The van der Waals surface area contributed by atoms with Gasteiger partial charge in [-0.05, 0) is 50.1 Å². The molecule has 0 saturated heterocycles. The molecule has 1 aliphatic rings. The molecule has 0 radical (unpaired) electrons. The summed E-state index contributed by atoms with van der Waals surface area (Å²) in [7, 11) is -3.91. The predicted molar refractivity (Wildman–Crippen MR) is 120 cm³/mol. The first-order valence-electron chi connectivity index (χ1n) is 9.73. The summed E-state index contributed by atoms with van der Waals surface area (Å²) in [5.41, 5.74) is 2.29. The summed E-state index contributed by atoms with van der Waals surface area (Å²) in [6.07, 6.45) is 0.986. The van der Waals surface area contributed by atoms with Gasteiger partial charge in [-0.1, -0.05) is 34.4 Å². The molecule has 0 saturated carbocycles. The molecule has 2 heterocycles. The Morgan fingerprint density at radius 1 is 1.23 bits per heavy atom. The van der Waals surface area contributed by atoms with E-state index in [9.17, 15) is 8.42 Å². The van der Waals surface area contributed by atoms with E-state index in [4.69, 9.17) is 27.9 Å². The second-order valence-electron chi connectivity index (χ2n) is 7.10. The molecular formula is C20H21Cl2N5O3S. The summed E-state index contributed by atoms with van der Waals surface area (Å²) in [5, 5.41) is 12.0. The number of sulfonamides is 1. The van der Waals surface area contributed by atoms with Crippen LogP contribution in [0.2, 0.25) is 10.0 Å². The minimum atomic E-state index is -3.91. The minimum absolute atomic E-state index is 0.0402. The molecule has 0 bridgehead atoms. The Kier molecular flexibility index (Phi) is 6.11. The first-order valence-corrected chi connectivity index (χ1v) is 12.0. The van der Waals surface area contributed by atoms with E-state index in [0.29, 0.717) is 23.1 Å². The van der Waals surface area contributed by atoms with Gasteiger partial charge >= 0.3 is 6.01 Å². The number of fused-ring (bicyclic) bond motifs is 1. The topological polar surface area (TPSA) is 98.1 Å². The van der Waals surface area contributed by atoms with Crippen molar-refractivity contribution in [2.45, 2.75) is 37.8 Å². The number of nitrogens with zero attached hydrogens (tertiary/aromatic N) is 3. The highest BCUT2D eigenvalue weighted by Gasteiger charge is 2.26. The van der Waals surface area contributed by atoms with Crippen LogP contribution in [0.15, 0.2) is 41.3 Å². The summed E-state index contributed by atoms with van der Waals surface area (Å²) >= 11 is 11.9. The van der Waals surface area contributed by atoms with Crippen molar-refractivity contribution in [2.75, 3.05) is 11.9 Å². The lowest BCUT2D eigenvalue weighted by Crippen LogP contribution is -2.29. The van der Waals surface area contributed by atoms with Gasteiger partial charge in [0.05, 0.1) is 11.1 Å². The zero-order valence-electron chi connectivity index (χ0n) is 16.9. The van der Waals surface area contributed by atoms with Crippen molar-refractivity contribution in [1.29, 1.82) is 0 Å². The Labute approximate surface area is 190 Å². The Hall–Kier alpha value is -2.33. The third kappa shape index (κ3) is 4.50. The van der Waals surface area contributed by atoms with E-state index in [1.807, 2.05) is 25.1 Å². The zero-order chi connectivity index (χ0) is 22.2. The average Bonchev–Trinajstić information content (AvgIpc) is 3.33. The lowest BCUT2D eigenvalue weighted by Gasteiger charge is -2.16. The van der Waals surface area contributed by atoms with Crippen molar-refractivity contribution < 1.29 is 13.2 Å². The number of benzene rings is 2. The number of hydrogen-bond acceptors (Lipinski definition) is 6. The molecule has 0 fully saturated rings. The first kappa shape index (κ1) is 21.9. The second kappa shape index (κ2) is 8.66. The summed E-state index contributed by atoms with van der Waals surface area (Å²) < 4.78 is 35.9. The van der Waals surface area contributed by atoms with Gasteiger partial charge in [-0.2, -0.15) is 0 Å². The Bertz CT molecular complexity index is 1230. The van der Waals surface area contributed by atoms with Crippen molar-refractivity contribution in [3.05, 3.63) is 57.8 Å². The molecule has 4 rings (SSSR count). The molecule has 2 N–H and O–H groups in total. The summed E-state index contributed by atoms with van der Waals surface area (Å²) in [6, 6.07) is 9.65. The highest BCUT2D eigenvalue weighted by Crippen LogP contribution is 2.31. The molecule has 1 aliphatic heterocycles. The number of aromatic nitrogens is 3. The number of anilines is 1. The third-order valence-corrected chi connectivity index (χ3v) is 7.22. The molecule has 0 aliphatic carbocycles. The average molecular weight is 482 g/mol. The quantitative estimate of drug-likeness (QED) is 0.518. The summed E-state index contributed by atoms with van der Waals surface area (Å²) in [5.74, 6) is 1.05. The van der Waals surface area contributed by atoms with Gasteiger partial charge in [0.25, 0.3) is 0 Å². The third-order valence-electron chi connectivity index (χ3n) is 4.96. The van der Waals surface area contributed by atoms with Crippen molar-refractivity contribution in [2.24, 2.45) is 0 Å². The molecule has 1 atom stereocenters. The maximum atomic E-state index is 12.8. The molecule has 3 aromatic rings. The van der Waals surface area contributed by atoms with E-state index in [2.05, 4.69) is 20.2 Å². The molecule has 1 aromatic heterocycles. The molecule has 164 valence electrons. The highest BCUT2D eigenvalue weighted by molar-refractivity contribution is 7.89.